The van der Waals surface area contributed by atoms with E-state index in [-0.39, 0.29) is 35.2 Å². The Kier molecular flexibility index (Phi) is 5.38. The Hall–Kier alpha value is -1.11. The molecule has 7 heteroatoms. The maximum atomic E-state index is 13.0. The number of aryl methyl sites for hydroxylation is 1. The van der Waals surface area contributed by atoms with Crippen molar-refractivity contribution in [1.82, 2.24) is 9.21 Å². The van der Waals surface area contributed by atoms with Gasteiger partial charge in [0.2, 0.25) is 15.9 Å². The zero-order valence-corrected chi connectivity index (χ0v) is 15.4. The van der Waals surface area contributed by atoms with Crippen LogP contribution in [-0.2, 0) is 14.8 Å². The number of benzene rings is 1. The van der Waals surface area contributed by atoms with E-state index in [0.717, 1.165) is 5.56 Å². The molecule has 1 aliphatic heterocycles. The minimum atomic E-state index is -3.66. The molecular weight excluding hydrogens is 336 g/mol. The van der Waals surface area contributed by atoms with Crippen LogP contribution >= 0.6 is 11.6 Å². The summed E-state index contributed by atoms with van der Waals surface area (Å²) < 4.78 is 27.5. The van der Waals surface area contributed by atoms with Gasteiger partial charge in [-0.3, -0.25) is 4.79 Å². The summed E-state index contributed by atoms with van der Waals surface area (Å²) in [6, 6.07) is 6.57. The standard InChI is InChI=1S/C16H23ClN2O3S/c1-11(2)16-18(10-13(4)19(16)15(20)9-17)23(21,22)14-7-5-12(3)6-8-14/h5-8,11,13,16H,9-10H2,1-4H3/t13-,16+/m0/s1. The maximum absolute atomic E-state index is 13.0. The zero-order chi connectivity index (χ0) is 17.4. The van der Waals surface area contributed by atoms with Crippen molar-refractivity contribution in [3.8, 4) is 0 Å². The monoisotopic (exact) mass is 358 g/mol. The van der Waals surface area contributed by atoms with E-state index >= 15 is 0 Å². The van der Waals surface area contributed by atoms with Gasteiger partial charge < -0.3 is 4.90 Å². The Morgan fingerprint density at radius 2 is 1.87 bits per heavy atom. The first-order valence-corrected chi connectivity index (χ1v) is 9.63. The van der Waals surface area contributed by atoms with Crippen molar-refractivity contribution < 1.29 is 13.2 Å². The van der Waals surface area contributed by atoms with Gasteiger partial charge in [0.15, 0.2) is 0 Å². The highest BCUT2D eigenvalue weighted by molar-refractivity contribution is 7.89. The first-order chi connectivity index (χ1) is 10.7. The number of alkyl halides is 1. The van der Waals surface area contributed by atoms with E-state index in [4.69, 9.17) is 11.6 Å². The van der Waals surface area contributed by atoms with Crippen molar-refractivity contribution in [2.24, 2.45) is 5.92 Å². The third-order valence-corrected chi connectivity index (χ3v) is 6.20. The second-order valence-corrected chi connectivity index (χ2v) is 8.49. The topological polar surface area (TPSA) is 57.7 Å². The summed E-state index contributed by atoms with van der Waals surface area (Å²) in [5.41, 5.74) is 0.998. The molecule has 0 aromatic heterocycles. The Bertz CT molecular complexity index is 673. The van der Waals surface area contributed by atoms with Crippen molar-refractivity contribution in [3.05, 3.63) is 29.8 Å². The lowest BCUT2D eigenvalue weighted by atomic mass is 10.1. The lowest BCUT2D eigenvalue weighted by Gasteiger charge is -2.33. The van der Waals surface area contributed by atoms with E-state index in [2.05, 4.69) is 0 Å². The number of sulfonamides is 1. The van der Waals surface area contributed by atoms with Crippen molar-refractivity contribution in [1.29, 1.82) is 0 Å². The highest BCUT2D eigenvalue weighted by Gasteiger charge is 2.47. The average Bonchev–Trinajstić information content (AvgIpc) is 2.85. The smallest absolute Gasteiger partial charge is 0.244 e. The van der Waals surface area contributed by atoms with Crippen LogP contribution in [-0.4, -0.2) is 48.2 Å². The van der Waals surface area contributed by atoms with Crippen molar-refractivity contribution >= 4 is 27.5 Å². The molecule has 1 aromatic carbocycles. The molecule has 0 unspecified atom stereocenters. The van der Waals surface area contributed by atoms with Gasteiger partial charge in [-0.25, -0.2) is 8.42 Å². The molecular formula is C16H23ClN2O3S. The summed E-state index contributed by atoms with van der Waals surface area (Å²) >= 11 is 5.70. The van der Waals surface area contributed by atoms with Gasteiger partial charge in [0, 0.05) is 12.6 Å². The van der Waals surface area contributed by atoms with E-state index in [1.54, 1.807) is 29.2 Å². The molecule has 5 nitrogen and oxygen atoms in total. The molecule has 0 aliphatic carbocycles. The van der Waals surface area contributed by atoms with Crippen molar-refractivity contribution in [2.45, 2.75) is 44.8 Å². The lowest BCUT2D eigenvalue weighted by molar-refractivity contribution is -0.132. The Morgan fingerprint density at radius 1 is 1.30 bits per heavy atom. The summed E-state index contributed by atoms with van der Waals surface area (Å²) in [6.07, 6.45) is -0.512. The predicted molar refractivity (Wildman–Crippen MR) is 90.7 cm³/mol. The van der Waals surface area contributed by atoms with E-state index < -0.39 is 16.2 Å². The molecule has 1 amide bonds. The molecule has 1 heterocycles. The number of nitrogens with zero attached hydrogens (tertiary/aromatic N) is 2. The first-order valence-electron chi connectivity index (χ1n) is 7.65. The van der Waals surface area contributed by atoms with E-state index in [1.807, 2.05) is 27.7 Å². The van der Waals surface area contributed by atoms with Crippen molar-refractivity contribution in [3.63, 3.8) is 0 Å². The number of carbonyl (C=O) groups excluding carboxylic acids is 1. The van der Waals surface area contributed by atoms with Crippen LogP contribution in [0.2, 0.25) is 0 Å². The number of rotatable bonds is 4. The molecule has 1 fully saturated rings. The van der Waals surface area contributed by atoms with Crippen LogP contribution in [0.15, 0.2) is 29.2 Å². The quantitative estimate of drug-likeness (QED) is 0.777. The number of amides is 1. The summed E-state index contributed by atoms with van der Waals surface area (Å²) in [4.78, 5) is 14.0. The van der Waals surface area contributed by atoms with Crippen LogP contribution < -0.4 is 0 Å². The van der Waals surface area contributed by atoms with E-state index in [0.29, 0.717) is 0 Å². The summed E-state index contributed by atoms with van der Waals surface area (Å²) in [5, 5.41) is 0. The van der Waals surface area contributed by atoms with Crippen LogP contribution in [0, 0.1) is 12.8 Å². The molecule has 23 heavy (non-hydrogen) atoms. The molecule has 2 rings (SSSR count). The molecule has 0 radical (unpaired) electrons. The van der Waals surface area contributed by atoms with E-state index in [9.17, 15) is 13.2 Å². The van der Waals surface area contributed by atoms with Crippen LogP contribution in [0.1, 0.15) is 26.3 Å². The SMILES string of the molecule is Cc1ccc(S(=O)(=O)N2C[C@H](C)N(C(=O)CCl)[C@@H]2C(C)C)cc1. The van der Waals surface area contributed by atoms with Crippen LogP contribution in [0.4, 0.5) is 0 Å². The van der Waals surface area contributed by atoms with Crippen LogP contribution in [0.3, 0.4) is 0 Å². The molecule has 2 atom stereocenters. The molecule has 0 saturated carbocycles. The van der Waals surface area contributed by atoms with Gasteiger partial charge in [-0.1, -0.05) is 31.5 Å². The summed E-state index contributed by atoms with van der Waals surface area (Å²) in [7, 11) is -3.66. The molecule has 1 saturated heterocycles. The van der Waals surface area contributed by atoms with Crippen LogP contribution in [0.25, 0.3) is 0 Å². The third kappa shape index (κ3) is 3.39. The predicted octanol–water partition coefficient (Wildman–Crippen LogP) is 2.44. The van der Waals surface area contributed by atoms with E-state index in [1.165, 1.54) is 4.31 Å². The molecule has 1 aromatic rings. The third-order valence-electron chi connectivity index (χ3n) is 4.13. The summed E-state index contributed by atoms with van der Waals surface area (Å²) in [5.74, 6) is -0.418. The Balaban J connectivity index is 2.44. The van der Waals surface area contributed by atoms with Gasteiger partial charge in [-0.05, 0) is 31.9 Å². The number of carbonyl (C=O) groups is 1. The fourth-order valence-electron chi connectivity index (χ4n) is 3.06. The largest absolute Gasteiger partial charge is 0.321 e. The minimum absolute atomic E-state index is 0.0349. The highest BCUT2D eigenvalue weighted by Crippen LogP contribution is 2.32. The van der Waals surface area contributed by atoms with Gasteiger partial charge >= 0.3 is 0 Å². The second kappa shape index (κ2) is 6.79. The molecule has 1 aliphatic rings. The van der Waals surface area contributed by atoms with Gasteiger partial charge in [0.1, 0.15) is 12.0 Å². The first kappa shape index (κ1) is 18.2. The Labute approximate surface area is 143 Å². The number of hydrogen-bond donors (Lipinski definition) is 0. The molecule has 128 valence electrons. The molecule has 0 spiro atoms. The molecule has 0 bridgehead atoms. The second-order valence-electron chi connectivity index (χ2n) is 6.33. The van der Waals surface area contributed by atoms with Gasteiger partial charge in [0.25, 0.3) is 0 Å². The van der Waals surface area contributed by atoms with Gasteiger partial charge in [0.05, 0.1) is 4.90 Å². The van der Waals surface area contributed by atoms with Gasteiger partial charge in [-0.15, -0.1) is 11.6 Å². The Morgan fingerprint density at radius 3 is 2.35 bits per heavy atom. The minimum Gasteiger partial charge on any atom is -0.321 e. The van der Waals surface area contributed by atoms with Crippen molar-refractivity contribution in [2.75, 3.05) is 12.4 Å². The fourth-order valence-corrected chi connectivity index (χ4v) is 4.99. The lowest BCUT2D eigenvalue weighted by Crippen LogP contribution is -2.49. The van der Waals surface area contributed by atoms with Crippen LogP contribution in [0.5, 0.6) is 0 Å². The number of halogens is 1. The maximum Gasteiger partial charge on any atom is 0.244 e. The fraction of sp³-hybridized carbons (Fsp3) is 0.562. The molecule has 0 N–H and O–H groups in total. The number of hydrogen-bond acceptors (Lipinski definition) is 3. The van der Waals surface area contributed by atoms with Gasteiger partial charge in [-0.2, -0.15) is 4.31 Å². The highest BCUT2D eigenvalue weighted by atomic mass is 35.5. The average molecular weight is 359 g/mol. The normalized spacial score (nSPS) is 22.8. The zero-order valence-electron chi connectivity index (χ0n) is 13.9. The summed E-state index contributed by atoms with van der Waals surface area (Å²) in [6.45, 7) is 7.86.